The first kappa shape index (κ1) is 30.4. The van der Waals surface area contributed by atoms with Crippen LogP contribution in [0.25, 0.3) is 5.69 Å². The maximum absolute atomic E-state index is 13.4. The summed E-state index contributed by atoms with van der Waals surface area (Å²) in [5.74, 6) is -0.518. The number of nitrogens with one attached hydrogen (secondary N) is 1. The number of carbonyl (C=O) groups is 2. The van der Waals surface area contributed by atoms with Gasteiger partial charge in [0.25, 0.3) is 5.82 Å². The van der Waals surface area contributed by atoms with Gasteiger partial charge in [-0.1, -0.05) is 30.3 Å². The molecule has 2 aromatic carbocycles. The fraction of sp³-hybridized carbons (Fsp3) is 0.483. The van der Waals surface area contributed by atoms with Crippen LogP contribution in [-0.2, 0) is 22.3 Å². The Balaban J connectivity index is 1.28. The number of halogens is 3. The van der Waals surface area contributed by atoms with Gasteiger partial charge in [-0.3, -0.25) is 14.5 Å². The monoisotopic (exact) mass is 600 g/mol. The molecule has 1 N–H and O–H groups in total. The molecular formula is C29H35F3N8O3. The number of ether oxygens (including phenoxy) is 1. The van der Waals surface area contributed by atoms with Crippen molar-refractivity contribution in [2.24, 2.45) is 0 Å². The second kappa shape index (κ2) is 13.1. The van der Waals surface area contributed by atoms with E-state index >= 15 is 0 Å². The number of methoxy groups -OCH3 is 1. The molecule has 1 aromatic heterocycles. The summed E-state index contributed by atoms with van der Waals surface area (Å²) in [6, 6.07) is 14.8. The van der Waals surface area contributed by atoms with Crippen LogP contribution in [-0.4, -0.2) is 106 Å². The van der Waals surface area contributed by atoms with Crippen LogP contribution in [0.3, 0.4) is 0 Å². The summed E-state index contributed by atoms with van der Waals surface area (Å²) >= 11 is 0. The number of amides is 2. The van der Waals surface area contributed by atoms with Gasteiger partial charge in [-0.2, -0.15) is 17.9 Å². The van der Waals surface area contributed by atoms with Crippen LogP contribution in [0.4, 0.5) is 13.2 Å². The number of hydrogen-bond acceptors (Lipinski definition) is 8. The molecule has 0 saturated carbocycles. The van der Waals surface area contributed by atoms with E-state index in [1.54, 1.807) is 24.0 Å². The van der Waals surface area contributed by atoms with Crippen molar-refractivity contribution < 1.29 is 27.5 Å². The van der Waals surface area contributed by atoms with Gasteiger partial charge < -0.3 is 19.9 Å². The lowest BCUT2D eigenvalue weighted by Crippen LogP contribution is -2.54. The Labute approximate surface area is 247 Å². The highest BCUT2D eigenvalue weighted by molar-refractivity contribution is 5.79. The van der Waals surface area contributed by atoms with Gasteiger partial charge in [0, 0.05) is 70.3 Å². The largest absolute Gasteiger partial charge is 0.496 e. The molecule has 11 nitrogen and oxygen atoms in total. The molecule has 2 aliphatic rings. The van der Waals surface area contributed by atoms with Crippen LogP contribution in [0.15, 0.2) is 48.5 Å². The molecule has 0 unspecified atom stereocenters. The first-order valence-corrected chi connectivity index (χ1v) is 14.2. The van der Waals surface area contributed by atoms with Gasteiger partial charge in [-0.15, -0.1) is 5.10 Å². The second-order valence-corrected chi connectivity index (χ2v) is 10.8. The van der Waals surface area contributed by atoms with Gasteiger partial charge in [0.1, 0.15) is 5.75 Å². The quantitative estimate of drug-likeness (QED) is 0.420. The minimum Gasteiger partial charge on any atom is -0.496 e. The zero-order valence-electron chi connectivity index (χ0n) is 24.1. The maximum Gasteiger partial charge on any atom is 0.453 e. The molecule has 0 aliphatic carbocycles. The number of likely N-dealkylation sites (tertiary alicyclic amines) is 1. The highest BCUT2D eigenvalue weighted by Crippen LogP contribution is 2.31. The van der Waals surface area contributed by atoms with Crippen LogP contribution in [0.5, 0.6) is 5.75 Å². The minimum atomic E-state index is -4.71. The fourth-order valence-electron chi connectivity index (χ4n) is 5.82. The van der Waals surface area contributed by atoms with Gasteiger partial charge in [-0.25, -0.2) is 0 Å². The normalized spacial score (nSPS) is 19.8. The Kier molecular flexibility index (Phi) is 9.25. The molecule has 230 valence electrons. The average Bonchev–Trinajstić information content (AvgIpc) is 3.52. The average molecular weight is 601 g/mol. The zero-order valence-corrected chi connectivity index (χ0v) is 24.1. The first-order valence-electron chi connectivity index (χ1n) is 14.2. The topological polar surface area (TPSA) is 109 Å². The van der Waals surface area contributed by atoms with Crippen molar-refractivity contribution in [3.8, 4) is 11.4 Å². The van der Waals surface area contributed by atoms with Crippen molar-refractivity contribution in [2.75, 3.05) is 52.9 Å². The number of nitrogens with zero attached hydrogens (tertiary/aromatic N) is 7. The Morgan fingerprint density at radius 2 is 1.74 bits per heavy atom. The molecule has 3 aromatic rings. The molecule has 0 spiro atoms. The number of carbonyl (C=O) groups excluding carboxylic acids is 2. The van der Waals surface area contributed by atoms with Crippen molar-refractivity contribution in [3.05, 3.63) is 65.5 Å². The lowest BCUT2D eigenvalue weighted by molar-refractivity contribution is -0.146. The van der Waals surface area contributed by atoms with Crippen LogP contribution in [0.1, 0.15) is 36.2 Å². The molecule has 2 fully saturated rings. The van der Waals surface area contributed by atoms with E-state index in [1.807, 2.05) is 23.1 Å². The number of piperidine rings is 1. The van der Waals surface area contributed by atoms with Gasteiger partial charge in [-0.05, 0) is 40.6 Å². The van der Waals surface area contributed by atoms with E-state index in [9.17, 15) is 22.8 Å². The lowest BCUT2D eigenvalue weighted by atomic mass is 9.85. The summed E-state index contributed by atoms with van der Waals surface area (Å²) in [4.78, 5) is 30.5. The van der Waals surface area contributed by atoms with E-state index in [2.05, 4.69) is 37.9 Å². The van der Waals surface area contributed by atoms with Gasteiger partial charge in [0.15, 0.2) is 0 Å². The fourth-order valence-corrected chi connectivity index (χ4v) is 5.82. The van der Waals surface area contributed by atoms with Crippen molar-refractivity contribution in [1.82, 2.24) is 40.2 Å². The second-order valence-electron chi connectivity index (χ2n) is 10.8. The third-order valence-electron chi connectivity index (χ3n) is 8.15. The highest BCUT2D eigenvalue weighted by atomic mass is 19.4. The van der Waals surface area contributed by atoms with E-state index < -0.39 is 12.0 Å². The molecular weight excluding hydrogens is 565 g/mol. The molecule has 2 saturated heterocycles. The van der Waals surface area contributed by atoms with Crippen LogP contribution < -0.4 is 10.1 Å². The molecule has 14 heteroatoms. The Hall–Kier alpha value is -4.04. The summed E-state index contributed by atoms with van der Waals surface area (Å²) in [7, 11) is 1.51. The van der Waals surface area contributed by atoms with Crippen molar-refractivity contribution in [2.45, 2.75) is 38.0 Å². The van der Waals surface area contributed by atoms with Gasteiger partial charge in [0.05, 0.1) is 19.3 Å². The number of aromatic nitrogens is 4. The molecule has 3 heterocycles. The predicted octanol–water partition coefficient (Wildman–Crippen LogP) is 2.33. The number of rotatable bonds is 8. The Bertz CT molecular complexity index is 1410. The first-order chi connectivity index (χ1) is 20.6. The number of piperazine rings is 1. The van der Waals surface area contributed by atoms with E-state index in [0.29, 0.717) is 68.4 Å². The molecule has 5 rings (SSSR count). The van der Waals surface area contributed by atoms with E-state index in [1.165, 1.54) is 13.2 Å². The number of alkyl halides is 3. The van der Waals surface area contributed by atoms with E-state index in [-0.39, 0.29) is 29.5 Å². The summed E-state index contributed by atoms with van der Waals surface area (Å²) in [5.41, 5.74) is 1.97. The molecule has 43 heavy (non-hydrogen) atoms. The molecule has 0 bridgehead atoms. The van der Waals surface area contributed by atoms with E-state index in [0.717, 1.165) is 12.0 Å². The predicted molar refractivity (Wildman–Crippen MR) is 150 cm³/mol. The molecule has 2 aliphatic heterocycles. The standard InChI is InChI=1S/C29H35F3N8O3/c1-20(41)38-12-14-39(15-13-38)27(42)19-37-11-10-25(24(18-37)21-6-4-3-5-7-21)33-17-22-16-23(8-9-26(22)43-2)40-28(29(30,31)32)34-35-36-40/h3-9,16,24-25,33H,10-15,17-19H2,1-2H3/t24-,25-/m0/s1. The number of tetrazole rings is 1. The summed E-state index contributed by atoms with van der Waals surface area (Å²) in [6.45, 7) is 5.74. The Morgan fingerprint density at radius 1 is 1.02 bits per heavy atom. The van der Waals surface area contributed by atoms with Crippen LogP contribution in [0.2, 0.25) is 0 Å². The summed E-state index contributed by atoms with van der Waals surface area (Å²) in [6.07, 6.45) is -3.94. The van der Waals surface area contributed by atoms with Crippen molar-refractivity contribution in [3.63, 3.8) is 0 Å². The third-order valence-corrected chi connectivity index (χ3v) is 8.15. The molecule has 0 radical (unpaired) electrons. The van der Waals surface area contributed by atoms with Crippen molar-refractivity contribution in [1.29, 1.82) is 0 Å². The summed E-state index contributed by atoms with van der Waals surface area (Å²) in [5, 5.41) is 13.5. The van der Waals surface area contributed by atoms with Crippen LogP contribution in [0, 0.1) is 0 Å². The molecule has 2 atom stereocenters. The smallest absolute Gasteiger partial charge is 0.453 e. The maximum atomic E-state index is 13.4. The van der Waals surface area contributed by atoms with Crippen molar-refractivity contribution >= 4 is 11.8 Å². The minimum absolute atomic E-state index is 0.0261. The third kappa shape index (κ3) is 7.13. The molecule has 2 amide bonds. The van der Waals surface area contributed by atoms with Crippen LogP contribution >= 0.6 is 0 Å². The van der Waals surface area contributed by atoms with E-state index in [4.69, 9.17) is 4.74 Å². The number of hydrogen-bond donors (Lipinski definition) is 1. The zero-order chi connectivity index (χ0) is 30.6. The Morgan fingerprint density at radius 3 is 2.42 bits per heavy atom. The van der Waals surface area contributed by atoms with Gasteiger partial charge in [0.2, 0.25) is 11.8 Å². The van der Waals surface area contributed by atoms with Gasteiger partial charge >= 0.3 is 6.18 Å². The highest BCUT2D eigenvalue weighted by Gasteiger charge is 2.38. The number of benzene rings is 2. The SMILES string of the molecule is COc1ccc(-n2nnnc2C(F)(F)F)cc1CN[C@H]1CCN(CC(=O)N2CCN(C(C)=O)CC2)C[C@H]1c1ccccc1. The summed E-state index contributed by atoms with van der Waals surface area (Å²) < 4.78 is 46.5. The lowest BCUT2D eigenvalue weighted by Gasteiger charge is -2.40.